The van der Waals surface area contributed by atoms with E-state index in [2.05, 4.69) is 0 Å². The summed E-state index contributed by atoms with van der Waals surface area (Å²) in [7, 11) is 0. The first kappa shape index (κ1) is 16.7. The van der Waals surface area contributed by atoms with Gasteiger partial charge in [0.15, 0.2) is 0 Å². The first-order valence-corrected chi connectivity index (χ1v) is 2.98. The van der Waals surface area contributed by atoms with E-state index >= 15 is 0 Å². The molecule has 0 aromatic heterocycles. The maximum absolute atomic E-state index is 9.37. The Bertz CT molecular complexity index is 99.1. The molecule has 0 fully saturated rings. The van der Waals surface area contributed by atoms with Gasteiger partial charge in [0.1, 0.15) is 0 Å². The Morgan fingerprint density at radius 3 is 1.09 bits per heavy atom. The molecule has 0 heterocycles. The third-order valence-electron chi connectivity index (χ3n) is 0.605. The van der Waals surface area contributed by atoms with Crippen LogP contribution in [0.5, 0.6) is 0 Å². The van der Waals surface area contributed by atoms with E-state index in [4.69, 9.17) is 10.2 Å². The third-order valence-corrected chi connectivity index (χ3v) is 0.605. The zero-order valence-corrected chi connectivity index (χ0v) is 7.63. The van der Waals surface area contributed by atoms with Crippen molar-refractivity contribution in [2.75, 3.05) is 0 Å². The van der Waals surface area contributed by atoms with Crippen LogP contribution >= 0.6 is 13.5 Å². The smallest absolute Gasteiger partial charge is 0.303 e. The summed E-state index contributed by atoms with van der Waals surface area (Å²) in [4.78, 5) is 18.7. The molecule has 0 spiro atoms. The van der Waals surface area contributed by atoms with Crippen molar-refractivity contribution in [1.82, 2.24) is 0 Å². The standard InChI is InChI=1S/2C3H6O2.H2S/c2*1-2-3(4)5;/h2*2H2,1H3,(H,4,5);1H2. The quantitative estimate of drug-likeness (QED) is 0.670. The zero-order chi connectivity index (χ0) is 8.57. The summed E-state index contributed by atoms with van der Waals surface area (Å²) < 4.78 is 0. The minimum absolute atomic E-state index is 0. The second kappa shape index (κ2) is 12.0. The number of carbonyl (C=O) groups is 2. The van der Waals surface area contributed by atoms with Crippen molar-refractivity contribution in [2.24, 2.45) is 0 Å². The van der Waals surface area contributed by atoms with Crippen LogP contribution in [0.25, 0.3) is 0 Å². The summed E-state index contributed by atoms with van der Waals surface area (Å²) in [6.45, 7) is 3.20. The van der Waals surface area contributed by atoms with Gasteiger partial charge in [-0.2, -0.15) is 13.5 Å². The number of aliphatic carboxylic acids is 2. The van der Waals surface area contributed by atoms with E-state index < -0.39 is 11.9 Å². The van der Waals surface area contributed by atoms with Gasteiger partial charge in [-0.1, -0.05) is 13.8 Å². The highest BCUT2D eigenvalue weighted by molar-refractivity contribution is 7.59. The summed E-state index contributed by atoms with van der Waals surface area (Å²) in [6.07, 6.45) is 0.444. The van der Waals surface area contributed by atoms with Crippen LogP contribution in [0.3, 0.4) is 0 Å². The molecule has 0 atom stereocenters. The van der Waals surface area contributed by atoms with Gasteiger partial charge in [-0.05, 0) is 0 Å². The van der Waals surface area contributed by atoms with Gasteiger partial charge in [-0.25, -0.2) is 0 Å². The van der Waals surface area contributed by atoms with Crippen LogP contribution in [0.4, 0.5) is 0 Å². The molecule has 2 N–H and O–H groups in total. The molecule has 0 saturated heterocycles. The molecule has 0 aromatic rings. The molecule has 0 aromatic carbocycles. The summed E-state index contributed by atoms with van der Waals surface area (Å²) in [5.74, 6) is -1.49. The molecular weight excluding hydrogens is 168 g/mol. The highest BCUT2D eigenvalue weighted by Gasteiger charge is 1.81. The number of rotatable bonds is 2. The van der Waals surface area contributed by atoms with Crippen molar-refractivity contribution in [1.29, 1.82) is 0 Å². The van der Waals surface area contributed by atoms with Crippen molar-refractivity contribution in [3.63, 3.8) is 0 Å². The molecule has 0 radical (unpaired) electrons. The highest BCUT2D eigenvalue weighted by Crippen LogP contribution is 1.67. The first-order valence-electron chi connectivity index (χ1n) is 2.98. The maximum atomic E-state index is 9.37. The minimum Gasteiger partial charge on any atom is -0.481 e. The van der Waals surface area contributed by atoms with E-state index in [1.807, 2.05) is 0 Å². The van der Waals surface area contributed by atoms with Crippen LogP contribution in [0.15, 0.2) is 0 Å². The fourth-order valence-electron chi connectivity index (χ4n) is 0. The lowest BCUT2D eigenvalue weighted by atomic mass is 10.5. The van der Waals surface area contributed by atoms with Gasteiger partial charge < -0.3 is 10.2 Å². The molecule has 68 valence electrons. The van der Waals surface area contributed by atoms with E-state index in [0.29, 0.717) is 0 Å². The van der Waals surface area contributed by atoms with Crippen LogP contribution < -0.4 is 0 Å². The second-order valence-electron chi connectivity index (χ2n) is 1.49. The van der Waals surface area contributed by atoms with Gasteiger partial charge in [-0.3, -0.25) is 9.59 Å². The van der Waals surface area contributed by atoms with E-state index in [0.717, 1.165) is 0 Å². The Balaban J connectivity index is -0.000000107. The minimum atomic E-state index is -0.745. The average molecular weight is 182 g/mol. The largest absolute Gasteiger partial charge is 0.481 e. The number of hydrogen-bond donors (Lipinski definition) is 2. The SMILES string of the molecule is CCC(=O)O.CCC(=O)O.S. The molecule has 4 nitrogen and oxygen atoms in total. The summed E-state index contributed by atoms with van der Waals surface area (Å²) >= 11 is 0. The van der Waals surface area contributed by atoms with Crippen molar-refractivity contribution in [3.8, 4) is 0 Å². The van der Waals surface area contributed by atoms with Gasteiger partial charge in [0.05, 0.1) is 0 Å². The van der Waals surface area contributed by atoms with Crippen LogP contribution in [-0.4, -0.2) is 22.2 Å². The van der Waals surface area contributed by atoms with Crippen molar-refractivity contribution >= 4 is 25.4 Å². The molecule has 0 aliphatic rings. The van der Waals surface area contributed by atoms with E-state index in [-0.39, 0.29) is 26.3 Å². The molecule has 0 amide bonds. The molecule has 11 heavy (non-hydrogen) atoms. The topological polar surface area (TPSA) is 74.6 Å². The Morgan fingerprint density at radius 2 is 1.09 bits per heavy atom. The predicted molar refractivity (Wildman–Crippen MR) is 46.2 cm³/mol. The van der Waals surface area contributed by atoms with Crippen LogP contribution in [0, 0.1) is 0 Å². The van der Waals surface area contributed by atoms with Gasteiger partial charge in [0, 0.05) is 12.8 Å². The normalized spacial score (nSPS) is 6.73. The van der Waals surface area contributed by atoms with Crippen molar-refractivity contribution in [2.45, 2.75) is 26.7 Å². The summed E-state index contributed by atoms with van der Waals surface area (Å²) in [5, 5.41) is 15.4. The predicted octanol–water partition coefficient (Wildman–Crippen LogP) is 1.07. The lowest BCUT2D eigenvalue weighted by molar-refractivity contribution is -0.137. The van der Waals surface area contributed by atoms with E-state index in [1.54, 1.807) is 13.8 Å². The number of carboxylic acid groups (broad SMARTS) is 2. The lowest BCUT2D eigenvalue weighted by Crippen LogP contribution is -1.86. The average Bonchev–Trinajstić information content (AvgIpc) is 1.89. The van der Waals surface area contributed by atoms with Crippen molar-refractivity contribution < 1.29 is 19.8 Å². The fraction of sp³-hybridized carbons (Fsp3) is 0.667. The number of carboxylic acids is 2. The Hall–Kier alpha value is -0.710. The zero-order valence-electron chi connectivity index (χ0n) is 6.63. The Morgan fingerprint density at radius 1 is 1.00 bits per heavy atom. The van der Waals surface area contributed by atoms with Crippen molar-refractivity contribution in [3.05, 3.63) is 0 Å². The highest BCUT2D eigenvalue weighted by atomic mass is 32.1. The summed E-state index contributed by atoms with van der Waals surface area (Å²) in [6, 6.07) is 0. The maximum Gasteiger partial charge on any atom is 0.303 e. The third kappa shape index (κ3) is 45.6. The van der Waals surface area contributed by atoms with Crippen LogP contribution in [0.1, 0.15) is 26.7 Å². The molecule has 0 rings (SSSR count). The molecule has 0 bridgehead atoms. The lowest BCUT2D eigenvalue weighted by Gasteiger charge is -1.71. The van der Waals surface area contributed by atoms with Crippen LogP contribution in [-0.2, 0) is 9.59 Å². The molecule has 0 unspecified atom stereocenters. The molecule has 0 saturated carbocycles. The molecular formula is C6H14O4S. The van der Waals surface area contributed by atoms with Crippen LogP contribution in [0.2, 0.25) is 0 Å². The number of hydrogen-bond acceptors (Lipinski definition) is 2. The van der Waals surface area contributed by atoms with E-state index in [1.165, 1.54) is 0 Å². The molecule has 5 heteroatoms. The van der Waals surface area contributed by atoms with Gasteiger partial charge >= 0.3 is 11.9 Å². The second-order valence-corrected chi connectivity index (χ2v) is 1.49. The fourth-order valence-corrected chi connectivity index (χ4v) is 0. The van der Waals surface area contributed by atoms with E-state index in [9.17, 15) is 9.59 Å². The van der Waals surface area contributed by atoms with Gasteiger partial charge in [0.25, 0.3) is 0 Å². The monoisotopic (exact) mass is 182 g/mol. The Labute approximate surface area is 72.7 Å². The molecule has 0 aliphatic carbocycles. The van der Waals surface area contributed by atoms with Gasteiger partial charge in [0.2, 0.25) is 0 Å². The molecule has 0 aliphatic heterocycles. The first-order chi connectivity index (χ1) is 4.54. The van der Waals surface area contributed by atoms with Gasteiger partial charge in [-0.15, -0.1) is 0 Å². The summed E-state index contributed by atoms with van der Waals surface area (Å²) in [5.41, 5.74) is 0. The Kier molecular flexibility index (Phi) is 18.3.